The average Bonchev–Trinajstić information content (AvgIpc) is 3.03. The van der Waals surface area contributed by atoms with Gasteiger partial charge in [-0.15, -0.1) is 0 Å². The fourth-order valence-corrected chi connectivity index (χ4v) is 4.30. The Morgan fingerprint density at radius 3 is 2.36 bits per heavy atom. The highest BCUT2D eigenvalue weighted by atomic mass is 19.3. The molecular formula is C22H30F2NO3+. The van der Waals surface area contributed by atoms with Crippen LogP contribution in [0, 0.1) is 5.92 Å². The Kier molecular flexibility index (Phi) is 5.65. The van der Waals surface area contributed by atoms with Crippen molar-refractivity contribution in [3.63, 3.8) is 0 Å². The van der Waals surface area contributed by atoms with Gasteiger partial charge in [0.05, 0.1) is 27.2 Å². The number of carbonyl (C=O) groups is 1. The molecule has 4 nitrogen and oxygen atoms in total. The second-order valence-corrected chi connectivity index (χ2v) is 8.88. The Balaban J connectivity index is 1.85. The number of hydrogen-bond donors (Lipinski definition) is 1. The van der Waals surface area contributed by atoms with Gasteiger partial charge in [-0.1, -0.05) is 36.9 Å². The minimum absolute atomic E-state index is 0.0798. The molecule has 0 bridgehead atoms. The molecule has 0 amide bonds. The van der Waals surface area contributed by atoms with Crippen molar-refractivity contribution >= 4 is 12.0 Å². The molecule has 28 heavy (non-hydrogen) atoms. The van der Waals surface area contributed by atoms with Crippen LogP contribution in [0.25, 0.3) is 6.08 Å². The van der Waals surface area contributed by atoms with Crippen LogP contribution in [0.2, 0.25) is 0 Å². The van der Waals surface area contributed by atoms with Crippen molar-refractivity contribution in [1.82, 2.24) is 0 Å². The van der Waals surface area contributed by atoms with E-state index in [4.69, 9.17) is 4.74 Å². The summed E-state index contributed by atoms with van der Waals surface area (Å²) in [5.74, 6) is -4.55. The number of quaternary nitrogens is 1. The van der Waals surface area contributed by atoms with E-state index in [1.165, 1.54) is 0 Å². The van der Waals surface area contributed by atoms with Crippen molar-refractivity contribution < 1.29 is 27.9 Å². The molecule has 154 valence electrons. The number of esters is 1. The fraction of sp³-hybridized carbons (Fsp3) is 0.591. The van der Waals surface area contributed by atoms with Gasteiger partial charge in [0.1, 0.15) is 6.10 Å². The Bertz CT molecular complexity index is 722. The van der Waals surface area contributed by atoms with Crippen LogP contribution >= 0.6 is 0 Å². The van der Waals surface area contributed by atoms with E-state index < -0.39 is 29.8 Å². The van der Waals surface area contributed by atoms with Crippen LogP contribution in [0.15, 0.2) is 30.8 Å². The first-order valence-corrected chi connectivity index (χ1v) is 9.92. The third-order valence-corrected chi connectivity index (χ3v) is 6.28. The lowest BCUT2D eigenvalue weighted by molar-refractivity contribution is -0.896. The second kappa shape index (κ2) is 7.56. The van der Waals surface area contributed by atoms with Crippen LogP contribution in [0.1, 0.15) is 43.2 Å². The van der Waals surface area contributed by atoms with Crippen LogP contribution < -0.4 is 0 Å². The van der Waals surface area contributed by atoms with Crippen LogP contribution in [-0.2, 0) is 15.1 Å². The molecule has 0 unspecified atom stereocenters. The number of aliphatic hydroxyl groups is 1. The molecule has 2 atom stereocenters. The first-order chi connectivity index (χ1) is 13.1. The molecule has 1 aromatic carbocycles. The standard InChI is InChI=1S/C22H30F2NO3/c1-4-16-5-7-17(8-6-16)22(27,18-9-12-21(23,24)15-18)20(26)28-19-10-13-25(2,3)14-11-19/h4-8,18-19,27H,1,9-15H2,2-3H3/q+1/t18-,22+/m1/s1. The fourth-order valence-electron chi connectivity index (χ4n) is 4.30. The summed E-state index contributed by atoms with van der Waals surface area (Å²) < 4.78 is 34.3. The van der Waals surface area contributed by atoms with E-state index in [9.17, 15) is 18.7 Å². The Hall–Kier alpha value is -1.79. The van der Waals surface area contributed by atoms with E-state index in [1.54, 1.807) is 30.3 Å². The van der Waals surface area contributed by atoms with Crippen molar-refractivity contribution in [3.8, 4) is 0 Å². The Labute approximate surface area is 165 Å². The lowest BCUT2D eigenvalue weighted by atomic mass is 9.79. The van der Waals surface area contributed by atoms with Gasteiger partial charge in [0, 0.05) is 31.6 Å². The first kappa shape index (κ1) is 20.9. The smallest absolute Gasteiger partial charge is 0.343 e. The van der Waals surface area contributed by atoms with Gasteiger partial charge < -0.3 is 14.3 Å². The summed E-state index contributed by atoms with van der Waals surface area (Å²) in [6, 6.07) is 6.65. The van der Waals surface area contributed by atoms with Crippen LogP contribution in [0.5, 0.6) is 0 Å². The maximum Gasteiger partial charge on any atom is 0.343 e. The quantitative estimate of drug-likeness (QED) is 0.611. The molecule has 1 heterocycles. The molecule has 0 radical (unpaired) electrons. The predicted octanol–water partition coefficient (Wildman–Crippen LogP) is 3.73. The van der Waals surface area contributed by atoms with Crippen molar-refractivity contribution in [2.75, 3.05) is 27.2 Å². The van der Waals surface area contributed by atoms with Gasteiger partial charge in [-0.25, -0.2) is 13.6 Å². The van der Waals surface area contributed by atoms with Crippen LogP contribution in [0.3, 0.4) is 0 Å². The second-order valence-electron chi connectivity index (χ2n) is 8.88. The minimum Gasteiger partial charge on any atom is -0.460 e. The zero-order valence-electron chi connectivity index (χ0n) is 16.7. The van der Waals surface area contributed by atoms with Crippen molar-refractivity contribution in [3.05, 3.63) is 42.0 Å². The molecule has 1 N–H and O–H groups in total. The van der Waals surface area contributed by atoms with Crippen molar-refractivity contribution in [2.24, 2.45) is 5.92 Å². The molecule has 1 aliphatic carbocycles. The molecule has 0 spiro atoms. The molecular weight excluding hydrogens is 364 g/mol. The Morgan fingerprint density at radius 2 is 1.86 bits per heavy atom. The Morgan fingerprint density at radius 1 is 1.25 bits per heavy atom. The monoisotopic (exact) mass is 394 g/mol. The zero-order chi connectivity index (χ0) is 20.6. The van der Waals surface area contributed by atoms with Gasteiger partial charge in [-0.05, 0) is 17.5 Å². The maximum absolute atomic E-state index is 13.9. The molecule has 0 aromatic heterocycles. The van der Waals surface area contributed by atoms with Gasteiger partial charge in [0.2, 0.25) is 5.92 Å². The van der Waals surface area contributed by atoms with Gasteiger partial charge in [0.15, 0.2) is 5.60 Å². The van der Waals surface area contributed by atoms with E-state index >= 15 is 0 Å². The minimum atomic E-state index is -2.87. The van der Waals surface area contributed by atoms with Gasteiger partial charge in [-0.3, -0.25) is 0 Å². The van der Waals surface area contributed by atoms with Gasteiger partial charge in [-0.2, -0.15) is 0 Å². The number of benzene rings is 1. The van der Waals surface area contributed by atoms with Crippen molar-refractivity contribution in [2.45, 2.75) is 49.7 Å². The number of ether oxygens (including phenoxy) is 1. The number of alkyl halides is 2. The third-order valence-electron chi connectivity index (χ3n) is 6.28. The topological polar surface area (TPSA) is 46.5 Å². The summed E-state index contributed by atoms with van der Waals surface area (Å²) in [6.45, 7) is 5.42. The molecule has 2 aliphatic rings. The van der Waals surface area contributed by atoms with E-state index in [2.05, 4.69) is 20.7 Å². The SMILES string of the molecule is C=Cc1ccc([C@@](O)(C(=O)OC2CC[N+](C)(C)CC2)[C@@H]2CCC(F)(F)C2)cc1. The number of carbonyl (C=O) groups excluding carboxylic acids is 1. The van der Waals surface area contributed by atoms with Crippen molar-refractivity contribution in [1.29, 1.82) is 0 Å². The summed E-state index contributed by atoms with van der Waals surface area (Å²) in [6.07, 6.45) is 1.99. The van der Waals surface area contributed by atoms with Gasteiger partial charge >= 0.3 is 5.97 Å². The zero-order valence-corrected chi connectivity index (χ0v) is 16.7. The van der Waals surface area contributed by atoms with E-state index in [-0.39, 0.29) is 18.9 Å². The molecule has 1 aliphatic heterocycles. The normalized spacial score (nSPS) is 26.4. The molecule has 3 rings (SSSR count). The molecule has 1 saturated heterocycles. The number of hydrogen-bond acceptors (Lipinski definition) is 3. The first-order valence-electron chi connectivity index (χ1n) is 9.92. The average molecular weight is 394 g/mol. The number of piperidine rings is 1. The highest BCUT2D eigenvalue weighted by molar-refractivity contribution is 5.82. The van der Waals surface area contributed by atoms with Crippen LogP contribution in [-0.4, -0.2) is 54.8 Å². The van der Waals surface area contributed by atoms with E-state index in [1.807, 2.05) is 0 Å². The lowest BCUT2D eigenvalue weighted by Crippen LogP contribution is -2.50. The largest absolute Gasteiger partial charge is 0.460 e. The number of nitrogens with zero attached hydrogens (tertiary/aromatic N) is 1. The van der Waals surface area contributed by atoms with E-state index in [0.29, 0.717) is 18.4 Å². The lowest BCUT2D eigenvalue weighted by Gasteiger charge is -2.39. The summed E-state index contributed by atoms with van der Waals surface area (Å²) in [5, 5.41) is 11.4. The summed E-state index contributed by atoms with van der Waals surface area (Å²) >= 11 is 0. The number of halogens is 2. The highest BCUT2D eigenvalue weighted by Crippen LogP contribution is 2.48. The third kappa shape index (κ3) is 4.28. The predicted molar refractivity (Wildman–Crippen MR) is 104 cm³/mol. The van der Waals surface area contributed by atoms with Crippen LogP contribution in [0.4, 0.5) is 8.78 Å². The molecule has 1 aromatic rings. The van der Waals surface area contributed by atoms with E-state index in [0.717, 1.165) is 23.1 Å². The summed E-state index contributed by atoms with van der Waals surface area (Å²) in [4.78, 5) is 13.1. The number of rotatable bonds is 5. The molecule has 6 heteroatoms. The number of likely N-dealkylation sites (tertiary alicyclic amines) is 1. The summed E-state index contributed by atoms with van der Waals surface area (Å²) in [5.41, 5.74) is -0.942. The van der Waals surface area contributed by atoms with Gasteiger partial charge in [0.25, 0.3) is 0 Å². The molecule has 2 fully saturated rings. The maximum atomic E-state index is 13.9. The highest BCUT2D eigenvalue weighted by Gasteiger charge is 2.55. The molecule has 1 saturated carbocycles. The summed E-state index contributed by atoms with van der Waals surface area (Å²) in [7, 11) is 4.24.